The highest BCUT2D eigenvalue weighted by molar-refractivity contribution is 7.89. The minimum atomic E-state index is -3.35. The molecule has 1 saturated heterocycles. The van der Waals surface area contributed by atoms with E-state index in [1.54, 1.807) is 12.1 Å². The Hall–Kier alpha value is -0.910. The van der Waals surface area contributed by atoms with Crippen molar-refractivity contribution in [3.05, 3.63) is 29.8 Å². The lowest BCUT2D eigenvalue weighted by Crippen LogP contribution is -2.32. The van der Waals surface area contributed by atoms with E-state index in [-0.39, 0.29) is 6.04 Å². The van der Waals surface area contributed by atoms with Gasteiger partial charge < -0.3 is 5.73 Å². The fourth-order valence-corrected chi connectivity index (χ4v) is 3.69. The van der Waals surface area contributed by atoms with Gasteiger partial charge in [0, 0.05) is 19.1 Å². The largest absolute Gasteiger partial charge is 0.326 e. The zero-order valence-corrected chi connectivity index (χ0v) is 10.1. The van der Waals surface area contributed by atoms with Crippen LogP contribution in [0.15, 0.2) is 29.2 Å². The summed E-state index contributed by atoms with van der Waals surface area (Å²) in [6.07, 6.45) is 0.741. The van der Waals surface area contributed by atoms with Crippen LogP contribution < -0.4 is 5.73 Å². The Kier molecular flexibility index (Phi) is 3.01. The van der Waals surface area contributed by atoms with Crippen molar-refractivity contribution >= 4 is 10.0 Å². The smallest absolute Gasteiger partial charge is 0.243 e. The fourth-order valence-electron chi connectivity index (χ4n) is 1.96. The van der Waals surface area contributed by atoms with E-state index >= 15 is 0 Å². The third-order valence-corrected chi connectivity index (χ3v) is 4.92. The average Bonchev–Trinajstić information content (AvgIpc) is 2.66. The van der Waals surface area contributed by atoms with Gasteiger partial charge in [-0.05, 0) is 25.0 Å². The van der Waals surface area contributed by atoms with Gasteiger partial charge in [0.05, 0.1) is 4.90 Å². The number of aryl methyl sites for hydroxylation is 1. The van der Waals surface area contributed by atoms with Gasteiger partial charge >= 0.3 is 0 Å². The molecule has 0 radical (unpaired) electrons. The maximum absolute atomic E-state index is 12.3. The Labute approximate surface area is 96.1 Å². The van der Waals surface area contributed by atoms with E-state index in [0.717, 1.165) is 12.0 Å². The molecule has 0 spiro atoms. The molecular weight excluding hydrogens is 224 g/mol. The second-order valence-corrected chi connectivity index (χ2v) is 6.08. The van der Waals surface area contributed by atoms with Crippen LogP contribution in [0.25, 0.3) is 0 Å². The van der Waals surface area contributed by atoms with Crippen LogP contribution in [-0.4, -0.2) is 31.9 Å². The zero-order valence-electron chi connectivity index (χ0n) is 9.26. The van der Waals surface area contributed by atoms with E-state index < -0.39 is 10.0 Å². The average molecular weight is 240 g/mol. The van der Waals surface area contributed by atoms with E-state index in [9.17, 15) is 8.42 Å². The molecule has 16 heavy (non-hydrogen) atoms. The molecule has 2 rings (SSSR count). The highest BCUT2D eigenvalue weighted by atomic mass is 32.2. The Balaban J connectivity index is 2.36. The Morgan fingerprint density at radius 3 is 2.62 bits per heavy atom. The molecule has 4 nitrogen and oxygen atoms in total. The number of rotatable bonds is 2. The molecular formula is C11H16N2O2S. The summed E-state index contributed by atoms with van der Waals surface area (Å²) in [5.74, 6) is 0. The highest BCUT2D eigenvalue weighted by Gasteiger charge is 2.31. The van der Waals surface area contributed by atoms with Crippen LogP contribution in [0.5, 0.6) is 0 Å². The van der Waals surface area contributed by atoms with Gasteiger partial charge in [-0.25, -0.2) is 8.42 Å². The second kappa shape index (κ2) is 4.16. The van der Waals surface area contributed by atoms with E-state index in [0.29, 0.717) is 18.0 Å². The first kappa shape index (κ1) is 11.6. The molecule has 0 saturated carbocycles. The molecule has 0 amide bonds. The molecule has 1 aromatic carbocycles. The maximum Gasteiger partial charge on any atom is 0.243 e. The summed E-state index contributed by atoms with van der Waals surface area (Å²) in [6.45, 7) is 2.76. The van der Waals surface area contributed by atoms with Gasteiger partial charge in [-0.15, -0.1) is 0 Å². The van der Waals surface area contributed by atoms with Crippen molar-refractivity contribution in [3.8, 4) is 0 Å². The summed E-state index contributed by atoms with van der Waals surface area (Å²) in [6, 6.07) is 7.01. The molecule has 1 fully saturated rings. The van der Waals surface area contributed by atoms with E-state index in [4.69, 9.17) is 5.73 Å². The topological polar surface area (TPSA) is 63.4 Å². The van der Waals surface area contributed by atoms with Gasteiger partial charge in [0.25, 0.3) is 0 Å². The van der Waals surface area contributed by atoms with Crippen LogP contribution in [0.2, 0.25) is 0 Å². The molecule has 0 aliphatic carbocycles. The van der Waals surface area contributed by atoms with Crippen LogP contribution in [0.3, 0.4) is 0 Å². The molecule has 0 aromatic heterocycles. The van der Waals surface area contributed by atoms with Crippen LogP contribution in [0.4, 0.5) is 0 Å². The number of nitrogens with zero attached hydrogens (tertiary/aromatic N) is 1. The number of benzene rings is 1. The summed E-state index contributed by atoms with van der Waals surface area (Å²) >= 11 is 0. The van der Waals surface area contributed by atoms with Crippen molar-refractivity contribution in [2.75, 3.05) is 13.1 Å². The predicted molar refractivity (Wildman–Crippen MR) is 62.5 cm³/mol. The molecule has 1 heterocycles. The number of nitrogens with two attached hydrogens (primary N) is 1. The van der Waals surface area contributed by atoms with Crippen LogP contribution >= 0.6 is 0 Å². The molecule has 1 aromatic rings. The minimum absolute atomic E-state index is 0.0289. The van der Waals surface area contributed by atoms with Crippen LogP contribution in [0, 0.1) is 6.92 Å². The van der Waals surface area contributed by atoms with Crippen molar-refractivity contribution in [2.45, 2.75) is 24.3 Å². The van der Waals surface area contributed by atoms with Crippen molar-refractivity contribution in [3.63, 3.8) is 0 Å². The maximum atomic E-state index is 12.3. The Bertz CT molecular complexity index is 485. The summed E-state index contributed by atoms with van der Waals surface area (Å²) in [5, 5.41) is 0. The lowest BCUT2D eigenvalue weighted by molar-refractivity contribution is 0.472. The molecule has 2 N–H and O–H groups in total. The van der Waals surface area contributed by atoms with E-state index in [2.05, 4.69) is 0 Å². The molecule has 1 aliphatic rings. The highest BCUT2D eigenvalue weighted by Crippen LogP contribution is 2.22. The van der Waals surface area contributed by atoms with E-state index in [1.807, 2.05) is 19.1 Å². The quantitative estimate of drug-likeness (QED) is 0.828. The van der Waals surface area contributed by atoms with Gasteiger partial charge in [0.2, 0.25) is 10.0 Å². The monoisotopic (exact) mass is 240 g/mol. The fraction of sp³-hybridized carbons (Fsp3) is 0.455. The predicted octanol–water partition coefficient (Wildman–Crippen LogP) is 0.717. The SMILES string of the molecule is Cc1ccccc1S(=O)(=O)N1CC[C@@H](N)C1. The Morgan fingerprint density at radius 1 is 1.38 bits per heavy atom. The summed E-state index contributed by atoms with van der Waals surface area (Å²) in [7, 11) is -3.35. The number of hydrogen-bond acceptors (Lipinski definition) is 3. The van der Waals surface area contributed by atoms with Gasteiger partial charge in [0.1, 0.15) is 0 Å². The summed E-state index contributed by atoms with van der Waals surface area (Å²) in [4.78, 5) is 0.393. The van der Waals surface area contributed by atoms with Gasteiger partial charge in [-0.1, -0.05) is 18.2 Å². The lowest BCUT2D eigenvalue weighted by atomic mass is 10.2. The van der Waals surface area contributed by atoms with E-state index in [1.165, 1.54) is 4.31 Å². The minimum Gasteiger partial charge on any atom is -0.326 e. The first-order chi connectivity index (χ1) is 7.51. The van der Waals surface area contributed by atoms with Crippen molar-refractivity contribution in [1.82, 2.24) is 4.31 Å². The molecule has 5 heteroatoms. The molecule has 0 bridgehead atoms. The van der Waals surface area contributed by atoms with Crippen molar-refractivity contribution in [1.29, 1.82) is 0 Å². The lowest BCUT2D eigenvalue weighted by Gasteiger charge is -2.17. The number of sulfonamides is 1. The van der Waals surface area contributed by atoms with Crippen LogP contribution in [0.1, 0.15) is 12.0 Å². The third-order valence-electron chi connectivity index (χ3n) is 2.90. The standard InChI is InChI=1S/C11H16N2O2S/c1-9-4-2-3-5-11(9)16(14,15)13-7-6-10(12)8-13/h2-5,10H,6-8,12H2,1H3/t10-/m1/s1. The second-order valence-electron chi connectivity index (χ2n) is 4.18. The molecule has 0 unspecified atom stereocenters. The number of hydrogen-bond donors (Lipinski definition) is 1. The van der Waals surface area contributed by atoms with Gasteiger partial charge in [-0.3, -0.25) is 0 Å². The molecule has 88 valence electrons. The first-order valence-corrected chi connectivity index (χ1v) is 6.77. The van der Waals surface area contributed by atoms with Crippen molar-refractivity contribution in [2.24, 2.45) is 5.73 Å². The van der Waals surface area contributed by atoms with Crippen LogP contribution in [-0.2, 0) is 10.0 Å². The first-order valence-electron chi connectivity index (χ1n) is 5.33. The zero-order chi connectivity index (χ0) is 11.8. The van der Waals surface area contributed by atoms with Crippen molar-refractivity contribution < 1.29 is 8.42 Å². The summed E-state index contributed by atoms with van der Waals surface area (Å²) in [5.41, 5.74) is 6.51. The summed E-state index contributed by atoms with van der Waals surface area (Å²) < 4.78 is 26.0. The Morgan fingerprint density at radius 2 is 2.06 bits per heavy atom. The van der Waals surface area contributed by atoms with Gasteiger partial charge in [0.15, 0.2) is 0 Å². The molecule has 1 atom stereocenters. The molecule has 1 aliphatic heterocycles. The van der Waals surface area contributed by atoms with Gasteiger partial charge in [-0.2, -0.15) is 4.31 Å². The third kappa shape index (κ3) is 1.98. The normalized spacial score (nSPS) is 22.5.